The van der Waals surface area contributed by atoms with Crippen LogP contribution < -0.4 is 11.1 Å². The van der Waals surface area contributed by atoms with Gasteiger partial charge in [-0.1, -0.05) is 6.42 Å². The van der Waals surface area contributed by atoms with Crippen LogP contribution in [0, 0.1) is 0 Å². The Bertz CT molecular complexity index is 323. The molecule has 0 aliphatic carbocycles. The maximum absolute atomic E-state index is 10.1. The van der Waals surface area contributed by atoms with Crippen molar-refractivity contribution in [2.24, 2.45) is 0 Å². The van der Waals surface area contributed by atoms with Gasteiger partial charge in [-0.25, -0.2) is 0 Å². The van der Waals surface area contributed by atoms with E-state index in [9.17, 15) is 9.59 Å². The minimum atomic E-state index is 0.657. The molecule has 0 atom stereocenters. The van der Waals surface area contributed by atoms with E-state index in [0.717, 1.165) is 32.0 Å². The van der Waals surface area contributed by atoms with Crippen molar-refractivity contribution in [2.75, 3.05) is 19.3 Å². The Morgan fingerprint density at radius 2 is 1.78 bits per heavy atom. The maximum atomic E-state index is 10.1. The molecule has 0 aliphatic heterocycles. The molecule has 0 spiro atoms. The van der Waals surface area contributed by atoms with E-state index in [-0.39, 0.29) is 0 Å². The number of hydrogen-bond acceptors (Lipinski definition) is 4. The highest BCUT2D eigenvalue weighted by atomic mass is 16.1. The smallest absolute Gasteiger partial charge is 0.150 e. The third-order valence-corrected chi connectivity index (χ3v) is 2.32. The number of hydrogen-bond donors (Lipinski definition) is 2. The van der Waals surface area contributed by atoms with Crippen molar-refractivity contribution in [3.8, 4) is 0 Å². The van der Waals surface area contributed by atoms with Crippen LogP contribution in [0.1, 0.15) is 36.0 Å². The fraction of sp³-hybridized carbons (Fsp3) is 0.429. The first-order chi connectivity index (χ1) is 8.74. The number of carbonyl (C=O) groups is 2. The molecule has 4 nitrogen and oxygen atoms in total. The molecule has 0 saturated carbocycles. The number of unbranched alkanes of at least 4 members (excludes halogenated alkanes) is 3. The lowest BCUT2D eigenvalue weighted by molar-refractivity contribution is -0.107. The predicted octanol–water partition coefficient (Wildman–Crippen LogP) is 2.05. The van der Waals surface area contributed by atoms with E-state index in [4.69, 9.17) is 5.73 Å². The molecule has 0 saturated heterocycles. The summed E-state index contributed by atoms with van der Waals surface area (Å²) in [5.41, 5.74) is 6.70. The quantitative estimate of drug-likeness (QED) is 0.441. The van der Waals surface area contributed by atoms with Gasteiger partial charge in [-0.15, -0.1) is 0 Å². The molecule has 0 unspecified atom stereocenters. The number of nitrogens with two attached hydrogens (primary N) is 1. The first-order valence-electron chi connectivity index (χ1n) is 6.13. The fourth-order valence-corrected chi connectivity index (χ4v) is 1.28. The van der Waals surface area contributed by atoms with Gasteiger partial charge in [-0.05, 0) is 50.7 Å². The Morgan fingerprint density at radius 3 is 2.28 bits per heavy atom. The van der Waals surface area contributed by atoms with E-state index in [2.05, 4.69) is 5.32 Å². The summed E-state index contributed by atoms with van der Waals surface area (Å²) < 4.78 is 0. The second-order valence-electron chi connectivity index (χ2n) is 3.90. The topological polar surface area (TPSA) is 72.2 Å². The van der Waals surface area contributed by atoms with E-state index in [1.54, 1.807) is 24.3 Å². The van der Waals surface area contributed by atoms with E-state index in [1.807, 2.05) is 7.05 Å². The molecule has 0 heterocycles. The largest absolute Gasteiger partial charge is 0.399 e. The van der Waals surface area contributed by atoms with E-state index in [1.165, 1.54) is 12.8 Å². The van der Waals surface area contributed by atoms with E-state index in [0.29, 0.717) is 11.3 Å². The number of rotatable bonds is 7. The summed E-state index contributed by atoms with van der Waals surface area (Å²) in [4.78, 5) is 19.9. The first-order valence-corrected chi connectivity index (χ1v) is 6.13. The van der Waals surface area contributed by atoms with Gasteiger partial charge in [0.1, 0.15) is 12.6 Å². The van der Waals surface area contributed by atoms with Crippen LogP contribution in [0.2, 0.25) is 0 Å². The van der Waals surface area contributed by atoms with Crippen LogP contribution in [0.15, 0.2) is 24.3 Å². The Hall–Kier alpha value is -1.68. The van der Waals surface area contributed by atoms with Crippen molar-refractivity contribution < 1.29 is 9.59 Å². The minimum absolute atomic E-state index is 0.657. The van der Waals surface area contributed by atoms with Gasteiger partial charge in [0.25, 0.3) is 0 Å². The molecule has 3 N–H and O–H groups in total. The van der Waals surface area contributed by atoms with Crippen molar-refractivity contribution in [2.45, 2.75) is 25.7 Å². The third kappa shape index (κ3) is 9.54. The van der Waals surface area contributed by atoms with Crippen molar-refractivity contribution in [1.82, 2.24) is 5.32 Å². The number of benzene rings is 1. The van der Waals surface area contributed by atoms with Gasteiger partial charge in [-0.2, -0.15) is 0 Å². The third-order valence-electron chi connectivity index (χ3n) is 2.32. The Kier molecular flexibility index (Phi) is 10.7. The molecule has 18 heavy (non-hydrogen) atoms. The van der Waals surface area contributed by atoms with Gasteiger partial charge >= 0.3 is 0 Å². The number of aldehydes is 2. The fourth-order valence-electron chi connectivity index (χ4n) is 1.28. The van der Waals surface area contributed by atoms with Crippen LogP contribution in [0.25, 0.3) is 0 Å². The average Bonchev–Trinajstić information content (AvgIpc) is 2.40. The van der Waals surface area contributed by atoms with Gasteiger partial charge in [0.05, 0.1) is 0 Å². The molecule has 1 aromatic carbocycles. The second-order valence-corrected chi connectivity index (χ2v) is 3.90. The lowest BCUT2D eigenvalue weighted by atomic mass is 10.2. The summed E-state index contributed by atoms with van der Waals surface area (Å²) in [6, 6.07) is 6.76. The number of nitrogen functional groups attached to an aromatic ring is 1. The normalized spacial score (nSPS) is 9.17. The molecular weight excluding hydrogens is 228 g/mol. The SMILES string of the molecule is CNCCCCCC=O.Nc1ccc(C=O)cc1. The molecule has 0 radical (unpaired) electrons. The lowest BCUT2D eigenvalue weighted by Crippen LogP contribution is -2.06. The van der Waals surface area contributed by atoms with E-state index >= 15 is 0 Å². The minimum Gasteiger partial charge on any atom is -0.399 e. The lowest BCUT2D eigenvalue weighted by Gasteiger charge is -1.95. The van der Waals surface area contributed by atoms with Crippen molar-refractivity contribution in [3.63, 3.8) is 0 Å². The van der Waals surface area contributed by atoms with Crippen LogP contribution in [-0.2, 0) is 4.79 Å². The average molecular weight is 250 g/mol. The molecule has 4 heteroatoms. The number of carbonyl (C=O) groups excluding carboxylic acids is 2. The van der Waals surface area contributed by atoms with Crippen LogP contribution in [0.4, 0.5) is 5.69 Å². The van der Waals surface area contributed by atoms with Crippen LogP contribution in [0.3, 0.4) is 0 Å². The Labute approximate surface area is 109 Å². The van der Waals surface area contributed by atoms with E-state index < -0.39 is 0 Å². The Balaban J connectivity index is 0.000000321. The van der Waals surface area contributed by atoms with Gasteiger partial charge in [-0.3, -0.25) is 4.79 Å². The van der Waals surface area contributed by atoms with Gasteiger partial charge < -0.3 is 15.8 Å². The molecule has 1 rings (SSSR count). The first kappa shape index (κ1) is 16.3. The predicted molar refractivity (Wildman–Crippen MR) is 74.7 cm³/mol. The van der Waals surface area contributed by atoms with Gasteiger partial charge in [0.2, 0.25) is 0 Å². The molecular formula is C14H22N2O2. The second kappa shape index (κ2) is 11.8. The summed E-state index contributed by atoms with van der Waals surface area (Å²) in [5, 5.41) is 3.06. The zero-order valence-corrected chi connectivity index (χ0v) is 10.9. The molecule has 0 aromatic heterocycles. The molecule has 100 valence electrons. The highest BCUT2D eigenvalue weighted by Gasteiger charge is 1.86. The van der Waals surface area contributed by atoms with Crippen LogP contribution >= 0.6 is 0 Å². The Morgan fingerprint density at radius 1 is 1.11 bits per heavy atom. The monoisotopic (exact) mass is 250 g/mol. The van der Waals surface area contributed by atoms with Gasteiger partial charge in [0, 0.05) is 17.7 Å². The highest BCUT2D eigenvalue weighted by Crippen LogP contribution is 2.01. The molecule has 0 bridgehead atoms. The molecule has 1 aromatic rings. The van der Waals surface area contributed by atoms with Crippen LogP contribution in [0.5, 0.6) is 0 Å². The van der Waals surface area contributed by atoms with Crippen molar-refractivity contribution >= 4 is 18.3 Å². The standard InChI is InChI=1S/C7H7NO.C7H15NO/c8-7-3-1-6(5-9)2-4-7;1-8-6-4-2-3-5-7-9/h1-5H,8H2;7-8H,2-6H2,1H3. The zero-order valence-electron chi connectivity index (χ0n) is 10.9. The summed E-state index contributed by atoms with van der Waals surface area (Å²) in [5.74, 6) is 0. The highest BCUT2D eigenvalue weighted by molar-refractivity contribution is 5.75. The molecule has 0 aliphatic rings. The van der Waals surface area contributed by atoms with Gasteiger partial charge in [0.15, 0.2) is 0 Å². The summed E-state index contributed by atoms with van der Waals surface area (Å²) in [6.07, 6.45) is 5.90. The van der Waals surface area contributed by atoms with Crippen LogP contribution in [-0.4, -0.2) is 26.2 Å². The van der Waals surface area contributed by atoms with Crippen molar-refractivity contribution in [3.05, 3.63) is 29.8 Å². The van der Waals surface area contributed by atoms with Crippen molar-refractivity contribution in [1.29, 1.82) is 0 Å². The molecule has 0 fully saturated rings. The molecule has 0 amide bonds. The maximum Gasteiger partial charge on any atom is 0.150 e. The number of nitrogens with one attached hydrogen (secondary N) is 1. The zero-order chi connectivity index (χ0) is 13.6. The summed E-state index contributed by atoms with van der Waals surface area (Å²) in [6.45, 7) is 1.07. The summed E-state index contributed by atoms with van der Waals surface area (Å²) in [7, 11) is 1.94. The summed E-state index contributed by atoms with van der Waals surface area (Å²) >= 11 is 0. The number of anilines is 1.